The molecule has 2 N–H and O–H groups in total. The van der Waals surface area contributed by atoms with E-state index in [1.165, 1.54) is 0 Å². The highest BCUT2D eigenvalue weighted by Crippen LogP contribution is 2.23. The van der Waals surface area contributed by atoms with Crippen LogP contribution in [0.1, 0.15) is 18.9 Å². The Morgan fingerprint density at radius 1 is 0.806 bits per heavy atom. The molecule has 0 heterocycles. The van der Waals surface area contributed by atoms with E-state index < -0.39 is 0 Å². The normalized spacial score (nSPS) is 10.4. The lowest BCUT2D eigenvalue weighted by Crippen LogP contribution is -2.39. The third-order valence-corrected chi connectivity index (χ3v) is 5.05. The van der Waals surface area contributed by atoms with Crippen molar-refractivity contribution in [1.29, 1.82) is 0 Å². The molecule has 3 aromatic carbocycles. The van der Waals surface area contributed by atoms with Gasteiger partial charge in [0.1, 0.15) is 0 Å². The minimum absolute atomic E-state index is 0.0384. The van der Waals surface area contributed by atoms with E-state index in [0.717, 1.165) is 28.8 Å². The van der Waals surface area contributed by atoms with Crippen LogP contribution in [0.2, 0.25) is 0 Å². The Morgan fingerprint density at radius 3 is 1.94 bits per heavy atom. The Balaban J connectivity index is 1.59. The molecule has 160 valence electrons. The Morgan fingerprint density at radius 2 is 1.39 bits per heavy atom. The lowest BCUT2D eigenvalue weighted by molar-refractivity contribution is -0.134. The zero-order valence-electron chi connectivity index (χ0n) is 18.1. The van der Waals surface area contributed by atoms with Gasteiger partial charge in [-0.2, -0.15) is 0 Å². The Hall–Kier alpha value is -3.60. The molecule has 0 atom stereocenters. The number of anilines is 2. The van der Waals surface area contributed by atoms with E-state index in [0.29, 0.717) is 18.7 Å². The highest BCUT2D eigenvalue weighted by atomic mass is 16.2. The standard InChI is InChI=1S/C26H29N3O2/c1-3-17-29(26(31)18-20-7-5-4-6-8-20)19-25(30)28-24-15-11-22(12-16-24)21-9-13-23(27-2)14-10-21/h4-16,27H,3,17-19H2,1-2H3,(H,28,30). The van der Waals surface area contributed by atoms with E-state index in [2.05, 4.69) is 22.8 Å². The molecule has 2 amide bonds. The van der Waals surface area contributed by atoms with Crippen molar-refractivity contribution < 1.29 is 9.59 Å². The molecule has 0 unspecified atom stereocenters. The van der Waals surface area contributed by atoms with Crippen LogP contribution in [0.4, 0.5) is 11.4 Å². The van der Waals surface area contributed by atoms with Crippen LogP contribution in [-0.4, -0.2) is 36.9 Å². The molecule has 5 heteroatoms. The largest absolute Gasteiger partial charge is 0.388 e. The molecule has 0 saturated carbocycles. The fourth-order valence-electron chi connectivity index (χ4n) is 3.39. The molecule has 3 aromatic rings. The summed E-state index contributed by atoms with van der Waals surface area (Å²) in [7, 11) is 1.89. The Kier molecular flexibility index (Phi) is 7.82. The van der Waals surface area contributed by atoms with Gasteiger partial charge in [-0.05, 0) is 47.4 Å². The molecule has 0 aliphatic carbocycles. The number of carbonyl (C=O) groups excluding carboxylic acids is 2. The maximum absolute atomic E-state index is 12.7. The molecule has 31 heavy (non-hydrogen) atoms. The van der Waals surface area contributed by atoms with Gasteiger partial charge in [-0.3, -0.25) is 9.59 Å². The van der Waals surface area contributed by atoms with Crippen LogP contribution in [0.3, 0.4) is 0 Å². The molecule has 0 saturated heterocycles. The second-order valence-electron chi connectivity index (χ2n) is 7.43. The van der Waals surface area contributed by atoms with E-state index in [1.807, 2.05) is 80.7 Å². The molecule has 5 nitrogen and oxygen atoms in total. The molecule has 0 radical (unpaired) electrons. The summed E-state index contributed by atoms with van der Waals surface area (Å²) >= 11 is 0. The molecule has 0 fully saturated rings. The van der Waals surface area contributed by atoms with Gasteiger partial charge in [0.15, 0.2) is 0 Å². The molecule has 3 rings (SSSR count). The Bertz CT molecular complexity index is 983. The molecular formula is C26H29N3O2. The highest BCUT2D eigenvalue weighted by Gasteiger charge is 2.17. The zero-order chi connectivity index (χ0) is 22.1. The van der Waals surface area contributed by atoms with Crippen LogP contribution in [0.25, 0.3) is 11.1 Å². The number of hydrogen-bond donors (Lipinski definition) is 2. The van der Waals surface area contributed by atoms with Crippen molar-refractivity contribution in [2.24, 2.45) is 0 Å². The van der Waals surface area contributed by atoms with Gasteiger partial charge in [0.05, 0.1) is 13.0 Å². The topological polar surface area (TPSA) is 61.4 Å². The van der Waals surface area contributed by atoms with Crippen LogP contribution < -0.4 is 10.6 Å². The van der Waals surface area contributed by atoms with Gasteiger partial charge in [0, 0.05) is 25.0 Å². The first kappa shape index (κ1) is 22.1. The van der Waals surface area contributed by atoms with Crippen molar-refractivity contribution >= 4 is 23.2 Å². The van der Waals surface area contributed by atoms with E-state index in [9.17, 15) is 9.59 Å². The summed E-state index contributed by atoms with van der Waals surface area (Å²) in [4.78, 5) is 26.9. The third kappa shape index (κ3) is 6.44. The van der Waals surface area contributed by atoms with Gasteiger partial charge in [0.2, 0.25) is 11.8 Å². The number of nitrogens with one attached hydrogen (secondary N) is 2. The summed E-state index contributed by atoms with van der Waals surface area (Å²) in [5, 5.41) is 6.01. The summed E-state index contributed by atoms with van der Waals surface area (Å²) < 4.78 is 0. The smallest absolute Gasteiger partial charge is 0.243 e. The van der Waals surface area contributed by atoms with Crippen LogP contribution in [0.15, 0.2) is 78.9 Å². The summed E-state index contributed by atoms with van der Waals surface area (Å²) in [6.07, 6.45) is 1.10. The number of hydrogen-bond acceptors (Lipinski definition) is 3. The number of amides is 2. The van der Waals surface area contributed by atoms with Gasteiger partial charge in [-0.25, -0.2) is 0 Å². The summed E-state index contributed by atoms with van der Waals surface area (Å²) in [5.41, 5.74) is 4.91. The number of carbonyl (C=O) groups is 2. The monoisotopic (exact) mass is 415 g/mol. The van der Waals surface area contributed by atoms with Crippen molar-refractivity contribution in [3.8, 4) is 11.1 Å². The molecule has 0 spiro atoms. The maximum Gasteiger partial charge on any atom is 0.243 e. The van der Waals surface area contributed by atoms with Crippen molar-refractivity contribution in [3.05, 3.63) is 84.4 Å². The molecule has 0 aliphatic heterocycles. The van der Waals surface area contributed by atoms with Crippen LogP contribution in [-0.2, 0) is 16.0 Å². The lowest BCUT2D eigenvalue weighted by Gasteiger charge is -2.22. The average molecular weight is 416 g/mol. The minimum Gasteiger partial charge on any atom is -0.388 e. The average Bonchev–Trinajstić information content (AvgIpc) is 2.80. The van der Waals surface area contributed by atoms with Gasteiger partial charge >= 0.3 is 0 Å². The molecule has 0 bridgehead atoms. The lowest BCUT2D eigenvalue weighted by atomic mass is 10.1. The number of benzene rings is 3. The number of rotatable bonds is 9. The summed E-state index contributed by atoms with van der Waals surface area (Å²) in [5.74, 6) is -0.232. The van der Waals surface area contributed by atoms with Crippen molar-refractivity contribution in [2.45, 2.75) is 19.8 Å². The zero-order valence-corrected chi connectivity index (χ0v) is 18.1. The first-order valence-corrected chi connectivity index (χ1v) is 10.6. The van der Waals surface area contributed by atoms with Crippen LogP contribution in [0, 0.1) is 0 Å². The van der Waals surface area contributed by atoms with Gasteiger partial charge in [-0.1, -0.05) is 61.5 Å². The second kappa shape index (κ2) is 11.0. The Labute approximate surface area is 184 Å². The van der Waals surface area contributed by atoms with Crippen molar-refractivity contribution in [2.75, 3.05) is 30.8 Å². The van der Waals surface area contributed by atoms with E-state index in [4.69, 9.17) is 0 Å². The fraction of sp³-hybridized carbons (Fsp3) is 0.231. The molecular weight excluding hydrogens is 386 g/mol. The first-order valence-electron chi connectivity index (χ1n) is 10.6. The maximum atomic E-state index is 12.7. The van der Waals surface area contributed by atoms with Crippen LogP contribution >= 0.6 is 0 Å². The van der Waals surface area contributed by atoms with Crippen LogP contribution in [0.5, 0.6) is 0 Å². The predicted octanol–water partition coefficient (Wildman–Crippen LogP) is 4.82. The molecule has 0 aromatic heterocycles. The number of nitrogens with zero attached hydrogens (tertiary/aromatic N) is 1. The SMILES string of the molecule is CCCN(CC(=O)Nc1ccc(-c2ccc(NC)cc2)cc1)C(=O)Cc1ccccc1. The van der Waals surface area contributed by atoms with Gasteiger partial charge < -0.3 is 15.5 Å². The van der Waals surface area contributed by atoms with Gasteiger partial charge in [-0.15, -0.1) is 0 Å². The fourth-order valence-corrected chi connectivity index (χ4v) is 3.39. The third-order valence-electron chi connectivity index (χ3n) is 5.05. The minimum atomic E-state index is -0.194. The highest BCUT2D eigenvalue weighted by molar-refractivity contribution is 5.95. The van der Waals surface area contributed by atoms with E-state index >= 15 is 0 Å². The summed E-state index contributed by atoms with van der Waals surface area (Å²) in [6, 6.07) is 25.5. The van der Waals surface area contributed by atoms with Gasteiger partial charge in [0.25, 0.3) is 0 Å². The molecule has 0 aliphatic rings. The van der Waals surface area contributed by atoms with Crippen molar-refractivity contribution in [1.82, 2.24) is 4.90 Å². The van der Waals surface area contributed by atoms with E-state index in [1.54, 1.807) is 4.90 Å². The second-order valence-corrected chi connectivity index (χ2v) is 7.43. The summed E-state index contributed by atoms with van der Waals surface area (Å²) in [6.45, 7) is 2.61. The van der Waals surface area contributed by atoms with Crippen molar-refractivity contribution in [3.63, 3.8) is 0 Å². The van der Waals surface area contributed by atoms with E-state index in [-0.39, 0.29) is 18.4 Å². The quantitative estimate of drug-likeness (QED) is 0.527. The first-order chi connectivity index (χ1) is 15.1. The predicted molar refractivity (Wildman–Crippen MR) is 127 cm³/mol.